The highest BCUT2D eigenvalue weighted by Gasteiger charge is 2.36. The summed E-state index contributed by atoms with van der Waals surface area (Å²) in [6.07, 6.45) is 5.10. The van der Waals surface area contributed by atoms with Gasteiger partial charge < -0.3 is 5.32 Å². The lowest BCUT2D eigenvalue weighted by Crippen LogP contribution is -2.47. The van der Waals surface area contributed by atoms with Crippen LogP contribution in [0.25, 0.3) is 0 Å². The van der Waals surface area contributed by atoms with Crippen molar-refractivity contribution in [3.63, 3.8) is 0 Å². The molecular formula is C16H23FN2. The van der Waals surface area contributed by atoms with E-state index in [9.17, 15) is 4.39 Å². The van der Waals surface area contributed by atoms with Gasteiger partial charge >= 0.3 is 0 Å². The number of fused-ring (bicyclic) bond motifs is 2. The summed E-state index contributed by atoms with van der Waals surface area (Å²) in [4.78, 5) is 2.43. The fourth-order valence-electron chi connectivity index (χ4n) is 3.68. The lowest BCUT2D eigenvalue weighted by atomic mass is 9.96. The van der Waals surface area contributed by atoms with Crippen LogP contribution in [0.1, 0.15) is 44.2 Å². The first kappa shape index (κ1) is 13.1. The zero-order valence-corrected chi connectivity index (χ0v) is 11.8. The Morgan fingerprint density at radius 3 is 2.58 bits per heavy atom. The Kier molecular flexibility index (Phi) is 3.59. The molecule has 3 unspecified atom stereocenters. The third kappa shape index (κ3) is 2.67. The number of hydrogen-bond donors (Lipinski definition) is 1. The van der Waals surface area contributed by atoms with Crippen molar-refractivity contribution >= 4 is 0 Å². The van der Waals surface area contributed by atoms with Crippen LogP contribution in [0, 0.1) is 5.82 Å². The molecule has 2 saturated heterocycles. The largest absolute Gasteiger partial charge is 0.311 e. The van der Waals surface area contributed by atoms with Gasteiger partial charge in [0.15, 0.2) is 0 Å². The van der Waals surface area contributed by atoms with E-state index in [0.29, 0.717) is 18.1 Å². The van der Waals surface area contributed by atoms with E-state index in [4.69, 9.17) is 0 Å². The quantitative estimate of drug-likeness (QED) is 0.900. The number of nitrogens with one attached hydrogen (secondary N) is 1. The summed E-state index contributed by atoms with van der Waals surface area (Å²) in [7, 11) is 2.19. The molecule has 0 aromatic heterocycles. The Bertz CT molecular complexity index is 436. The molecule has 2 aliphatic rings. The van der Waals surface area contributed by atoms with Gasteiger partial charge in [0.05, 0.1) is 0 Å². The van der Waals surface area contributed by atoms with E-state index in [0.717, 1.165) is 5.56 Å². The molecule has 1 N–H and O–H groups in total. The molecule has 104 valence electrons. The number of hydrogen-bond acceptors (Lipinski definition) is 2. The molecule has 3 heteroatoms. The van der Waals surface area contributed by atoms with Gasteiger partial charge in [0.1, 0.15) is 5.82 Å². The second-order valence-corrected chi connectivity index (χ2v) is 6.16. The first-order valence-corrected chi connectivity index (χ1v) is 7.37. The molecule has 2 fully saturated rings. The maximum absolute atomic E-state index is 13.3. The molecule has 3 rings (SSSR count). The number of piperidine rings is 1. The second kappa shape index (κ2) is 5.22. The summed E-state index contributed by atoms with van der Waals surface area (Å²) in [5.74, 6) is -0.136. The Hall–Kier alpha value is -0.930. The van der Waals surface area contributed by atoms with E-state index in [1.54, 1.807) is 12.1 Å². The van der Waals surface area contributed by atoms with Crippen LogP contribution in [0.3, 0.4) is 0 Å². The molecule has 2 nitrogen and oxygen atoms in total. The zero-order chi connectivity index (χ0) is 13.4. The summed E-state index contributed by atoms with van der Waals surface area (Å²) in [6.45, 7) is 2.18. The molecule has 0 spiro atoms. The van der Waals surface area contributed by atoms with Crippen LogP contribution in [-0.2, 0) is 0 Å². The van der Waals surface area contributed by atoms with Crippen LogP contribution >= 0.6 is 0 Å². The monoisotopic (exact) mass is 262 g/mol. The molecule has 3 atom stereocenters. The Balaban J connectivity index is 1.71. The van der Waals surface area contributed by atoms with Gasteiger partial charge in [0, 0.05) is 24.2 Å². The van der Waals surface area contributed by atoms with Crippen LogP contribution in [0.15, 0.2) is 24.3 Å². The molecule has 0 aliphatic carbocycles. The summed E-state index contributed by atoms with van der Waals surface area (Å²) in [5, 5.41) is 3.68. The summed E-state index contributed by atoms with van der Waals surface area (Å²) < 4.78 is 13.3. The van der Waals surface area contributed by atoms with Gasteiger partial charge in [0.2, 0.25) is 0 Å². The third-order valence-corrected chi connectivity index (χ3v) is 4.97. The first-order valence-electron chi connectivity index (χ1n) is 7.37. The van der Waals surface area contributed by atoms with Crippen molar-refractivity contribution in [3.05, 3.63) is 35.6 Å². The lowest BCUT2D eigenvalue weighted by molar-refractivity contribution is 0.132. The van der Waals surface area contributed by atoms with Gasteiger partial charge in [-0.25, -0.2) is 4.39 Å². The van der Waals surface area contributed by atoms with Crippen LogP contribution in [-0.4, -0.2) is 30.1 Å². The molecule has 0 amide bonds. The molecule has 1 aromatic carbocycles. The minimum atomic E-state index is -0.136. The normalized spacial score (nSPS) is 31.7. The highest BCUT2D eigenvalue weighted by atomic mass is 19.1. The second-order valence-electron chi connectivity index (χ2n) is 6.16. The first-order chi connectivity index (χ1) is 9.13. The Labute approximate surface area is 115 Å². The van der Waals surface area contributed by atoms with Crippen molar-refractivity contribution in [1.29, 1.82) is 0 Å². The maximum Gasteiger partial charge on any atom is 0.123 e. The Morgan fingerprint density at radius 1 is 1.26 bits per heavy atom. The minimum Gasteiger partial charge on any atom is -0.311 e. The summed E-state index contributed by atoms with van der Waals surface area (Å²) in [6, 6.07) is 9.31. The average Bonchev–Trinajstić information content (AvgIpc) is 2.76. The predicted octanol–water partition coefficient (Wildman–Crippen LogP) is 3.10. The van der Waals surface area contributed by atoms with Crippen molar-refractivity contribution < 1.29 is 4.39 Å². The molecule has 1 aromatic rings. The van der Waals surface area contributed by atoms with Gasteiger partial charge in [-0.2, -0.15) is 0 Å². The number of benzene rings is 1. The molecule has 2 bridgehead atoms. The molecule has 2 aliphatic heterocycles. The van der Waals surface area contributed by atoms with E-state index in [1.807, 2.05) is 6.07 Å². The lowest BCUT2D eigenvalue weighted by Gasteiger charge is -2.39. The SMILES string of the molecule is CC(c1cccc(F)c1)N(C)C1CC2CCC(C1)N2. The van der Waals surface area contributed by atoms with E-state index in [1.165, 1.54) is 31.7 Å². The van der Waals surface area contributed by atoms with Crippen molar-refractivity contribution in [2.75, 3.05) is 7.05 Å². The van der Waals surface area contributed by atoms with E-state index >= 15 is 0 Å². The zero-order valence-electron chi connectivity index (χ0n) is 11.8. The van der Waals surface area contributed by atoms with E-state index < -0.39 is 0 Å². The molecule has 0 saturated carbocycles. The number of halogens is 1. The topological polar surface area (TPSA) is 15.3 Å². The highest BCUT2D eigenvalue weighted by molar-refractivity contribution is 5.20. The van der Waals surface area contributed by atoms with Crippen LogP contribution in [0.4, 0.5) is 4.39 Å². The molecule has 19 heavy (non-hydrogen) atoms. The van der Waals surface area contributed by atoms with E-state index in [2.05, 4.69) is 24.2 Å². The van der Waals surface area contributed by atoms with Crippen LogP contribution in [0.2, 0.25) is 0 Å². The fraction of sp³-hybridized carbons (Fsp3) is 0.625. The Morgan fingerprint density at radius 2 is 1.95 bits per heavy atom. The van der Waals surface area contributed by atoms with Gasteiger partial charge in [0.25, 0.3) is 0 Å². The standard InChI is InChI=1S/C16H23FN2/c1-11(12-4-3-5-13(17)8-12)19(2)16-9-14-6-7-15(10-16)18-14/h3-5,8,11,14-16,18H,6-7,9-10H2,1-2H3. The summed E-state index contributed by atoms with van der Waals surface area (Å²) in [5.41, 5.74) is 1.08. The van der Waals surface area contributed by atoms with Gasteiger partial charge in [-0.05, 0) is 57.4 Å². The molecule has 2 heterocycles. The highest BCUT2D eigenvalue weighted by Crippen LogP contribution is 2.32. The fourth-order valence-corrected chi connectivity index (χ4v) is 3.68. The third-order valence-electron chi connectivity index (χ3n) is 4.97. The number of rotatable bonds is 3. The van der Waals surface area contributed by atoms with Crippen molar-refractivity contribution in [2.45, 2.75) is 56.8 Å². The summed E-state index contributed by atoms with van der Waals surface area (Å²) >= 11 is 0. The smallest absolute Gasteiger partial charge is 0.123 e. The van der Waals surface area contributed by atoms with Crippen LogP contribution < -0.4 is 5.32 Å². The number of nitrogens with zero attached hydrogens (tertiary/aromatic N) is 1. The average molecular weight is 262 g/mol. The maximum atomic E-state index is 13.3. The van der Waals surface area contributed by atoms with Gasteiger partial charge in [-0.1, -0.05) is 12.1 Å². The van der Waals surface area contributed by atoms with Crippen molar-refractivity contribution in [2.24, 2.45) is 0 Å². The van der Waals surface area contributed by atoms with Gasteiger partial charge in [-0.3, -0.25) is 4.90 Å². The minimum absolute atomic E-state index is 0.136. The van der Waals surface area contributed by atoms with Crippen molar-refractivity contribution in [1.82, 2.24) is 10.2 Å². The van der Waals surface area contributed by atoms with Gasteiger partial charge in [-0.15, -0.1) is 0 Å². The van der Waals surface area contributed by atoms with E-state index in [-0.39, 0.29) is 11.9 Å². The predicted molar refractivity (Wildman–Crippen MR) is 75.5 cm³/mol. The molecule has 0 radical (unpaired) electrons. The van der Waals surface area contributed by atoms with Crippen LogP contribution in [0.5, 0.6) is 0 Å². The molecular weight excluding hydrogens is 239 g/mol. The van der Waals surface area contributed by atoms with Crippen molar-refractivity contribution in [3.8, 4) is 0 Å².